The van der Waals surface area contributed by atoms with Crippen LogP contribution in [0.4, 0.5) is 0 Å². The molecule has 2 aromatic carbocycles. The topological polar surface area (TPSA) is 52.6 Å². The fourth-order valence-electron chi connectivity index (χ4n) is 2.32. The molecule has 0 saturated heterocycles. The molecule has 0 radical (unpaired) electrons. The molecule has 0 atom stereocenters. The molecule has 132 valence electrons. The van der Waals surface area contributed by atoms with E-state index in [4.69, 9.17) is 9.47 Å². The van der Waals surface area contributed by atoms with Gasteiger partial charge in [-0.3, -0.25) is 4.79 Å². The third-order valence-electron chi connectivity index (χ3n) is 3.48. The van der Waals surface area contributed by atoms with Crippen LogP contribution in [0.15, 0.2) is 54.6 Å². The standard InChI is InChI=1S/C21H24O4/c1-21(2,3)25-20(23)18-12-8-7-11-17(18)13-14-19(22)24-15-16-9-5-4-6-10-16/h4-12H,13-15H2,1-3H3. The summed E-state index contributed by atoms with van der Waals surface area (Å²) in [5.41, 5.74) is 1.67. The molecule has 0 bridgehead atoms. The number of benzene rings is 2. The van der Waals surface area contributed by atoms with Crippen molar-refractivity contribution in [2.75, 3.05) is 0 Å². The van der Waals surface area contributed by atoms with Crippen LogP contribution in [-0.2, 0) is 27.3 Å². The molecule has 0 fully saturated rings. The van der Waals surface area contributed by atoms with Crippen LogP contribution < -0.4 is 0 Å². The number of rotatable bonds is 6. The van der Waals surface area contributed by atoms with Gasteiger partial charge in [0.25, 0.3) is 0 Å². The molecule has 0 amide bonds. The van der Waals surface area contributed by atoms with Gasteiger partial charge in [-0.25, -0.2) is 4.79 Å². The minimum Gasteiger partial charge on any atom is -0.461 e. The molecule has 0 aromatic heterocycles. The molecular formula is C21H24O4. The summed E-state index contributed by atoms with van der Waals surface area (Å²) in [5.74, 6) is -0.663. The van der Waals surface area contributed by atoms with Crippen LogP contribution in [0.3, 0.4) is 0 Å². The van der Waals surface area contributed by atoms with Crippen molar-refractivity contribution < 1.29 is 19.1 Å². The van der Waals surface area contributed by atoms with Gasteiger partial charge in [0.1, 0.15) is 12.2 Å². The quantitative estimate of drug-likeness (QED) is 0.735. The maximum Gasteiger partial charge on any atom is 0.338 e. The second kappa shape index (κ2) is 8.47. The second-order valence-corrected chi connectivity index (χ2v) is 6.81. The van der Waals surface area contributed by atoms with Crippen LogP contribution in [0.1, 0.15) is 48.7 Å². The van der Waals surface area contributed by atoms with Gasteiger partial charge in [0.05, 0.1) is 5.56 Å². The van der Waals surface area contributed by atoms with Gasteiger partial charge >= 0.3 is 11.9 Å². The van der Waals surface area contributed by atoms with Gasteiger partial charge in [-0.2, -0.15) is 0 Å². The van der Waals surface area contributed by atoms with E-state index in [1.54, 1.807) is 12.1 Å². The average molecular weight is 340 g/mol. The molecule has 2 aromatic rings. The van der Waals surface area contributed by atoms with Crippen LogP contribution in [0.2, 0.25) is 0 Å². The highest BCUT2D eigenvalue weighted by molar-refractivity contribution is 5.91. The summed E-state index contributed by atoms with van der Waals surface area (Å²) in [6.07, 6.45) is 0.648. The Morgan fingerprint density at radius 1 is 0.920 bits per heavy atom. The number of carbonyl (C=O) groups excluding carboxylic acids is 2. The SMILES string of the molecule is CC(C)(C)OC(=O)c1ccccc1CCC(=O)OCc1ccccc1. The fourth-order valence-corrected chi connectivity index (χ4v) is 2.32. The Labute approximate surface area is 148 Å². The molecule has 25 heavy (non-hydrogen) atoms. The van der Waals surface area contributed by atoms with Crippen LogP contribution in [0.5, 0.6) is 0 Å². The summed E-state index contributed by atoms with van der Waals surface area (Å²) >= 11 is 0. The summed E-state index contributed by atoms with van der Waals surface area (Å²) in [5, 5.41) is 0. The van der Waals surface area contributed by atoms with E-state index in [1.165, 1.54) is 0 Å². The highest BCUT2D eigenvalue weighted by Gasteiger charge is 2.20. The molecule has 0 spiro atoms. The van der Waals surface area contributed by atoms with Crippen molar-refractivity contribution in [3.05, 3.63) is 71.3 Å². The van der Waals surface area contributed by atoms with Crippen molar-refractivity contribution >= 4 is 11.9 Å². The normalized spacial score (nSPS) is 11.0. The van der Waals surface area contributed by atoms with Crippen LogP contribution in [-0.4, -0.2) is 17.5 Å². The zero-order valence-electron chi connectivity index (χ0n) is 15.0. The van der Waals surface area contributed by atoms with E-state index in [0.29, 0.717) is 12.0 Å². The molecule has 0 aliphatic rings. The molecule has 0 saturated carbocycles. The molecule has 0 aliphatic heterocycles. The molecule has 0 aliphatic carbocycles. The van der Waals surface area contributed by atoms with Crippen molar-refractivity contribution in [2.45, 2.75) is 45.8 Å². The van der Waals surface area contributed by atoms with E-state index >= 15 is 0 Å². The predicted molar refractivity (Wildman–Crippen MR) is 96.2 cm³/mol. The lowest BCUT2D eigenvalue weighted by Crippen LogP contribution is -2.24. The van der Waals surface area contributed by atoms with Gasteiger partial charge in [-0.05, 0) is 44.4 Å². The van der Waals surface area contributed by atoms with Gasteiger partial charge in [-0.15, -0.1) is 0 Å². The first kappa shape index (κ1) is 18.7. The third-order valence-corrected chi connectivity index (χ3v) is 3.48. The lowest BCUT2D eigenvalue weighted by Gasteiger charge is -2.20. The summed E-state index contributed by atoms with van der Waals surface area (Å²) in [4.78, 5) is 24.3. The van der Waals surface area contributed by atoms with Crippen LogP contribution in [0.25, 0.3) is 0 Å². The Hall–Kier alpha value is -2.62. The molecular weight excluding hydrogens is 316 g/mol. The first-order chi connectivity index (χ1) is 11.8. The largest absolute Gasteiger partial charge is 0.461 e. The monoisotopic (exact) mass is 340 g/mol. The van der Waals surface area contributed by atoms with Gasteiger partial charge in [0.2, 0.25) is 0 Å². The highest BCUT2D eigenvalue weighted by Crippen LogP contribution is 2.17. The minimum atomic E-state index is -0.557. The van der Waals surface area contributed by atoms with Crippen molar-refractivity contribution in [3.8, 4) is 0 Å². The summed E-state index contributed by atoms with van der Waals surface area (Å²) in [7, 11) is 0. The highest BCUT2D eigenvalue weighted by atomic mass is 16.6. The number of ether oxygens (including phenoxy) is 2. The van der Waals surface area contributed by atoms with E-state index in [9.17, 15) is 9.59 Å². The Balaban J connectivity index is 1.92. The van der Waals surface area contributed by atoms with Crippen molar-refractivity contribution in [1.29, 1.82) is 0 Å². The Bertz CT molecular complexity index is 714. The zero-order valence-corrected chi connectivity index (χ0v) is 15.0. The fraction of sp³-hybridized carbons (Fsp3) is 0.333. The average Bonchev–Trinajstić information content (AvgIpc) is 2.58. The Kier molecular flexibility index (Phi) is 6.34. The zero-order chi connectivity index (χ0) is 18.3. The van der Waals surface area contributed by atoms with Gasteiger partial charge in [-0.1, -0.05) is 48.5 Å². The molecule has 0 heterocycles. The van der Waals surface area contributed by atoms with Gasteiger partial charge < -0.3 is 9.47 Å². The van der Waals surface area contributed by atoms with Gasteiger partial charge in [0.15, 0.2) is 0 Å². The first-order valence-electron chi connectivity index (χ1n) is 8.36. The van der Waals surface area contributed by atoms with E-state index in [-0.39, 0.29) is 25.0 Å². The van der Waals surface area contributed by atoms with E-state index in [1.807, 2.05) is 63.2 Å². The van der Waals surface area contributed by atoms with Crippen LogP contribution >= 0.6 is 0 Å². The van der Waals surface area contributed by atoms with Crippen LogP contribution in [0, 0.1) is 0 Å². The Morgan fingerprint density at radius 2 is 1.56 bits per heavy atom. The third kappa shape index (κ3) is 6.42. The van der Waals surface area contributed by atoms with Crippen molar-refractivity contribution in [1.82, 2.24) is 0 Å². The summed E-state index contributed by atoms with van der Waals surface area (Å²) < 4.78 is 10.7. The number of aryl methyl sites for hydroxylation is 1. The molecule has 4 nitrogen and oxygen atoms in total. The Morgan fingerprint density at radius 3 is 2.24 bits per heavy atom. The number of carbonyl (C=O) groups is 2. The predicted octanol–water partition coefficient (Wildman–Crippen LogP) is 4.32. The van der Waals surface area contributed by atoms with E-state index in [0.717, 1.165) is 11.1 Å². The molecule has 0 N–H and O–H groups in total. The lowest BCUT2D eigenvalue weighted by atomic mass is 10.0. The van der Waals surface area contributed by atoms with Crippen molar-refractivity contribution in [3.63, 3.8) is 0 Å². The first-order valence-corrected chi connectivity index (χ1v) is 8.36. The number of esters is 2. The molecule has 4 heteroatoms. The maximum absolute atomic E-state index is 12.3. The van der Waals surface area contributed by atoms with Crippen molar-refractivity contribution in [2.24, 2.45) is 0 Å². The smallest absolute Gasteiger partial charge is 0.338 e. The van der Waals surface area contributed by atoms with E-state index in [2.05, 4.69) is 0 Å². The summed E-state index contributed by atoms with van der Waals surface area (Å²) in [6, 6.07) is 16.7. The second-order valence-electron chi connectivity index (χ2n) is 6.81. The molecule has 2 rings (SSSR count). The minimum absolute atomic E-state index is 0.215. The van der Waals surface area contributed by atoms with Gasteiger partial charge in [0, 0.05) is 6.42 Å². The molecule has 0 unspecified atom stereocenters. The van der Waals surface area contributed by atoms with E-state index < -0.39 is 5.60 Å². The number of hydrogen-bond donors (Lipinski definition) is 0. The maximum atomic E-state index is 12.3. The number of hydrogen-bond acceptors (Lipinski definition) is 4. The summed E-state index contributed by atoms with van der Waals surface area (Å²) in [6.45, 7) is 5.74. The lowest BCUT2D eigenvalue weighted by molar-refractivity contribution is -0.144.